The summed E-state index contributed by atoms with van der Waals surface area (Å²) in [6.45, 7) is 2.48. The summed E-state index contributed by atoms with van der Waals surface area (Å²) in [5.74, 6) is -1.62. The van der Waals surface area contributed by atoms with Gasteiger partial charge in [-0.2, -0.15) is 0 Å². The van der Waals surface area contributed by atoms with Gasteiger partial charge in [-0.15, -0.1) is 0 Å². The van der Waals surface area contributed by atoms with Crippen molar-refractivity contribution in [3.63, 3.8) is 0 Å². The molecule has 1 aromatic carbocycles. The topological polar surface area (TPSA) is 49.3 Å². The van der Waals surface area contributed by atoms with E-state index in [1.807, 2.05) is 6.92 Å². The summed E-state index contributed by atoms with van der Waals surface area (Å²) in [6.07, 6.45) is 1.23. The minimum Gasteiger partial charge on any atom is -0.396 e. The van der Waals surface area contributed by atoms with Crippen molar-refractivity contribution >= 4 is 5.91 Å². The highest BCUT2D eigenvalue weighted by Crippen LogP contribution is 2.12. The van der Waals surface area contributed by atoms with Crippen molar-refractivity contribution in [2.75, 3.05) is 13.2 Å². The van der Waals surface area contributed by atoms with E-state index in [1.165, 1.54) is 6.07 Å². The third-order valence-corrected chi connectivity index (χ3v) is 2.91. The Labute approximate surface area is 111 Å². The Morgan fingerprint density at radius 3 is 2.58 bits per heavy atom. The van der Waals surface area contributed by atoms with Gasteiger partial charge in [0, 0.05) is 18.7 Å². The molecule has 0 spiro atoms. The normalized spacial score (nSPS) is 12.2. The molecule has 2 N–H and O–H groups in total. The third-order valence-electron chi connectivity index (χ3n) is 2.91. The van der Waals surface area contributed by atoms with Gasteiger partial charge in [0.25, 0.3) is 0 Å². The van der Waals surface area contributed by atoms with Crippen LogP contribution in [0.4, 0.5) is 8.78 Å². The summed E-state index contributed by atoms with van der Waals surface area (Å²) in [7, 11) is 0. The van der Waals surface area contributed by atoms with Crippen molar-refractivity contribution in [3.05, 3.63) is 35.4 Å². The van der Waals surface area contributed by atoms with Crippen LogP contribution in [0.3, 0.4) is 0 Å². The van der Waals surface area contributed by atoms with Crippen LogP contribution in [0.1, 0.15) is 25.3 Å². The molecule has 0 saturated heterocycles. The molecule has 1 unspecified atom stereocenters. The smallest absolute Gasteiger partial charge is 0.224 e. The fourth-order valence-corrected chi connectivity index (χ4v) is 1.69. The van der Waals surface area contributed by atoms with E-state index >= 15 is 0 Å². The summed E-state index contributed by atoms with van der Waals surface area (Å²) in [6, 6.07) is 3.53. The second-order valence-electron chi connectivity index (χ2n) is 4.66. The molecule has 1 rings (SSSR count). The third kappa shape index (κ3) is 5.34. The molecule has 0 fully saturated rings. The number of amides is 1. The fraction of sp³-hybridized carbons (Fsp3) is 0.500. The molecular weight excluding hydrogens is 252 g/mol. The molecule has 19 heavy (non-hydrogen) atoms. The van der Waals surface area contributed by atoms with Gasteiger partial charge >= 0.3 is 0 Å². The summed E-state index contributed by atoms with van der Waals surface area (Å²) in [5.41, 5.74) is -0.205. The molecule has 0 heterocycles. The number of hydrogen-bond acceptors (Lipinski definition) is 2. The van der Waals surface area contributed by atoms with Crippen LogP contribution in [-0.4, -0.2) is 24.2 Å². The molecule has 106 valence electrons. The van der Waals surface area contributed by atoms with Gasteiger partial charge in [0.05, 0.1) is 6.42 Å². The molecule has 0 aromatic heterocycles. The lowest BCUT2D eigenvalue weighted by atomic mass is 10.1. The molecule has 1 amide bonds. The van der Waals surface area contributed by atoms with E-state index in [2.05, 4.69) is 5.32 Å². The molecule has 0 aliphatic rings. The first-order chi connectivity index (χ1) is 9.04. The van der Waals surface area contributed by atoms with E-state index in [9.17, 15) is 13.6 Å². The Kier molecular flexibility index (Phi) is 6.42. The lowest BCUT2D eigenvalue weighted by Gasteiger charge is -2.09. The number of nitrogens with one attached hydrogen (secondary N) is 1. The highest BCUT2D eigenvalue weighted by Gasteiger charge is 2.12. The number of rotatable bonds is 7. The van der Waals surface area contributed by atoms with E-state index in [4.69, 9.17) is 5.11 Å². The molecule has 1 aromatic rings. The van der Waals surface area contributed by atoms with Gasteiger partial charge in [-0.05, 0) is 30.9 Å². The average Bonchev–Trinajstić information content (AvgIpc) is 2.39. The Bertz CT molecular complexity index is 404. The van der Waals surface area contributed by atoms with Crippen LogP contribution in [-0.2, 0) is 11.2 Å². The first-order valence-corrected chi connectivity index (χ1v) is 6.35. The molecule has 0 aliphatic heterocycles. The van der Waals surface area contributed by atoms with Gasteiger partial charge in [-0.3, -0.25) is 4.79 Å². The lowest BCUT2D eigenvalue weighted by Crippen LogP contribution is -2.27. The quantitative estimate of drug-likeness (QED) is 0.746. The van der Waals surface area contributed by atoms with Gasteiger partial charge in [-0.1, -0.05) is 13.0 Å². The largest absolute Gasteiger partial charge is 0.396 e. The van der Waals surface area contributed by atoms with Gasteiger partial charge in [0.1, 0.15) is 11.6 Å². The summed E-state index contributed by atoms with van der Waals surface area (Å²) in [4.78, 5) is 11.5. The Morgan fingerprint density at radius 2 is 2.00 bits per heavy atom. The van der Waals surface area contributed by atoms with E-state index < -0.39 is 17.5 Å². The molecule has 5 heteroatoms. The Hall–Kier alpha value is -1.49. The Morgan fingerprint density at radius 1 is 1.37 bits per heavy atom. The maximum Gasteiger partial charge on any atom is 0.224 e. The standard InChI is InChI=1S/C14H19F2NO2/c1-10(9-18)4-3-7-17-14(19)8-11-12(15)5-2-6-13(11)16/h2,5-6,10,18H,3-4,7-9H2,1H3,(H,17,19). The zero-order valence-corrected chi connectivity index (χ0v) is 11.0. The second-order valence-corrected chi connectivity index (χ2v) is 4.66. The monoisotopic (exact) mass is 271 g/mol. The highest BCUT2D eigenvalue weighted by atomic mass is 19.1. The van der Waals surface area contributed by atoms with Crippen molar-refractivity contribution in [1.29, 1.82) is 0 Å². The molecule has 1 atom stereocenters. The summed E-state index contributed by atoms with van der Waals surface area (Å²) in [5, 5.41) is 11.4. The number of carbonyl (C=O) groups excluding carboxylic acids is 1. The van der Waals surface area contributed by atoms with E-state index in [0.29, 0.717) is 6.54 Å². The lowest BCUT2D eigenvalue weighted by molar-refractivity contribution is -0.120. The zero-order chi connectivity index (χ0) is 14.3. The predicted octanol–water partition coefficient (Wildman–Crippen LogP) is 2.03. The van der Waals surface area contributed by atoms with Crippen LogP contribution >= 0.6 is 0 Å². The molecule has 0 saturated carbocycles. The SMILES string of the molecule is CC(CO)CCCNC(=O)Cc1c(F)cccc1F. The summed E-state index contributed by atoms with van der Waals surface area (Å²) >= 11 is 0. The van der Waals surface area contributed by atoms with Crippen LogP contribution in [0, 0.1) is 17.6 Å². The van der Waals surface area contributed by atoms with E-state index in [1.54, 1.807) is 0 Å². The average molecular weight is 271 g/mol. The predicted molar refractivity (Wildman–Crippen MR) is 68.6 cm³/mol. The molecule has 0 aliphatic carbocycles. The van der Waals surface area contributed by atoms with Gasteiger partial charge in [0.2, 0.25) is 5.91 Å². The minimum absolute atomic E-state index is 0.119. The van der Waals surface area contributed by atoms with E-state index in [-0.39, 0.29) is 24.5 Å². The van der Waals surface area contributed by atoms with E-state index in [0.717, 1.165) is 25.0 Å². The molecule has 0 bridgehead atoms. The Balaban J connectivity index is 2.35. The van der Waals surface area contributed by atoms with Gasteiger partial charge in [0.15, 0.2) is 0 Å². The first-order valence-electron chi connectivity index (χ1n) is 6.35. The van der Waals surface area contributed by atoms with Crippen molar-refractivity contribution < 1.29 is 18.7 Å². The van der Waals surface area contributed by atoms with Crippen LogP contribution in [0.2, 0.25) is 0 Å². The van der Waals surface area contributed by atoms with Crippen molar-refractivity contribution in [3.8, 4) is 0 Å². The minimum atomic E-state index is -0.705. The highest BCUT2D eigenvalue weighted by molar-refractivity contribution is 5.78. The number of hydrogen-bond donors (Lipinski definition) is 2. The van der Waals surface area contributed by atoms with Crippen molar-refractivity contribution in [1.82, 2.24) is 5.32 Å². The van der Waals surface area contributed by atoms with Gasteiger partial charge < -0.3 is 10.4 Å². The number of aliphatic hydroxyl groups is 1. The van der Waals surface area contributed by atoms with Crippen LogP contribution in [0.15, 0.2) is 18.2 Å². The maximum atomic E-state index is 13.3. The van der Waals surface area contributed by atoms with Crippen LogP contribution < -0.4 is 5.32 Å². The number of aliphatic hydroxyl groups excluding tert-OH is 1. The summed E-state index contributed by atoms with van der Waals surface area (Å²) < 4.78 is 26.6. The van der Waals surface area contributed by atoms with Gasteiger partial charge in [-0.25, -0.2) is 8.78 Å². The first kappa shape index (κ1) is 15.6. The van der Waals surface area contributed by atoms with Crippen molar-refractivity contribution in [2.24, 2.45) is 5.92 Å². The molecule has 3 nitrogen and oxygen atoms in total. The second kappa shape index (κ2) is 7.84. The number of benzene rings is 1. The fourth-order valence-electron chi connectivity index (χ4n) is 1.69. The maximum absolute atomic E-state index is 13.3. The molecule has 0 radical (unpaired) electrons. The van der Waals surface area contributed by atoms with Crippen LogP contribution in [0.5, 0.6) is 0 Å². The number of carbonyl (C=O) groups is 1. The van der Waals surface area contributed by atoms with Crippen LogP contribution in [0.25, 0.3) is 0 Å². The molecular formula is C14H19F2NO2. The number of halogens is 2. The zero-order valence-electron chi connectivity index (χ0n) is 11.0. The van der Waals surface area contributed by atoms with Crippen molar-refractivity contribution in [2.45, 2.75) is 26.2 Å².